The number of esters is 1. The van der Waals surface area contributed by atoms with Crippen molar-refractivity contribution >= 4 is 34.9 Å². The molecule has 0 N–H and O–H groups in total. The van der Waals surface area contributed by atoms with Crippen molar-refractivity contribution in [2.45, 2.75) is 25.8 Å². The summed E-state index contributed by atoms with van der Waals surface area (Å²) >= 11 is 6.02. The number of ketones is 1. The first-order chi connectivity index (χ1) is 15.7. The lowest BCUT2D eigenvalue weighted by atomic mass is 9.96. The number of likely N-dealkylation sites (tertiary alicyclic amines) is 1. The van der Waals surface area contributed by atoms with Gasteiger partial charge in [0.25, 0.3) is 17.2 Å². The molecule has 2 heterocycles. The van der Waals surface area contributed by atoms with Crippen LogP contribution in [-0.2, 0) is 14.3 Å². The normalized spacial score (nSPS) is 16.7. The van der Waals surface area contributed by atoms with Crippen LogP contribution in [0.3, 0.4) is 0 Å². The van der Waals surface area contributed by atoms with Crippen molar-refractivity contribution in [3.8, 4) is 0 Å². The number of nitro groups is 1. The minimum Gasteiger partial charge on any atom is -0.466 e. The second-order valence-corrected chi connectivity index (χ2v) is 7.98. The molecule has 1 amide bonds. The fraction of sp³-hybridized carbons (Fsp3) is 0.364. The standard InChI is InChI=1S/C22H22ClN3O7/c1-2-33-22(30)15-6-4-10-24(12-15)21(29)19(25-13-16(23)8-9-18(25)27)20(28)14-5-3-7-17(11-14)26(31)32/h3,5,7-9,11,13,15,19H,2,4,6,10,12H2,1H3/t15-,19-/m0/s1. The van der Waals surface area contributed by atoms with Crippen LogP contribution in [0.1, 0.15) is 36.2 Å². The van der Waals surface area contributed by atoms with E-state index in [1.165, 1.54) is 35.4 Å². The number of aromatic nitrogens is 1. The molecular weight excluding hydrogens is 454 g/mol. The quantitative estimate of drug-likeness (QED) is 0.198. The second kappa shape index (κ2) is 10.4. The zero-order chi connectivity index (χ0) is 24.1. The Morgan fingerprint density at radius 3 is 2.73 bits per heavy atom. The third-order valence-corrected chi connectivity index (χ3v) is 5.58. The Hall–Kier alpha value is -3.53. The Labute approximate surface area is 193 Å². The summed E-state index contributed by atoms with van der Waals surface area (Å²) in [5.41, 5.74) is -1.07. The van der Waals surface area contributed by atoms with E-state index >= 15 is 0 Å². The lowest BCUT2D eigenvalue weighted by Gasteiger charge is -2.34. The molecule has 0 radical (unpaired) electrons. The molecule has 0 aliphatic carbocycles. The van der Waals surface area contributed by atoms with Gasteiger partial charge >= 0.3 is 5.97 Å². The van der Waals surface area contributed by atoms with Gasteiger partial charge in [-0.2, -0.15) is 0 Å². The number of halogens is 1. The van der Waals surface area contributed by atoms with Crippen LogP contribution in [0.5, 0.6) is 0 Å². The lowest BCUT2D eigenvalue weighted by Crippen LogP contribution is -2.48. The molecule has 0 bridgehead atoms. The number of Topliss-reactive ketones (excluding diaryl/α,β-unsaturated/α-hetero) is 1. The molecule has 1 saturated heterocycles. The van der Waals surface area contributed by atoms with Gasteiger partial charge in [0, 0.05) is 43.0 Å². The van der Waals surface area contributed by atoms with Crippen LogP contribution < -0.4 is 5.56 Å². The number of ether oxygens (including phenoxy) is 1. The van der Waals surface area contributed by atoms with Gasteiger partial charge in [-0.3, -0.25) is 33.9 Å². The Morgan fingerprint density at radius 2 is 2.03 bits per heavy atom. The summed E-state index contributed by atoms with van der Waals surface area (Å²) in [7, 11) is 0. The van der Waals surface area contributed by atoms with Crippen molar-refractivity contribution in [2.75, 3.05) is 19.7 Å². The molecule has 0 saturated carbocycles. The number of carbonyl (C=O) groups excluding carboxylic acids is 3. The molecule has 1 aliphatic heterocycles. The Bertz CT molecular complexity index is 1150. The monoisotopic (exact) mass is 475 g/mol. The number of nitrogens with zero attached hydrogens (tertiary/aromatic N) is 3. The molecule has 10 nitrogen and oxygen atoms in total. The molecule has 0 unspecified atom stereocenters. The topological polar surface area (TPSA) is 129 Å². The maximum atomic E-state index is 13.5. The van der Waals surface area contributed by atoms with Gasteiger partial charge in [0.05, 0.1) is 22.5 Å². The minimum absolute atomic E-state index is 0.0334. The molecule has 1 aliphatic rings. The van der Waals surface area contributed by atoms with Crippen molar-refractivity contribution in [3.63, 3.8) is 0 Å². The van der Waals surface area contributed by atoms with E-state index in [1.54, 1.807) is 6.92 Å². The van der Waals surface area contributed by atoms with Crippen molar-refractivity contribution in [2.24, 2.45) is 5.92 Å². The third kappa shape index (κ3) is 5.46. The van der Waals surface area contributed by atoms with Crippen LogP contribution in [0.4, 0.5) is 5.69 Å². The number of pyridine rings is 1. The van der Waals surface area contributed by atoms with Crippen molar-refractivity contribution < 1.29 is 24.0 Å². The zero-order valence-electron chi connectivity index (χ0n) is 17.8. The summed E-state index contributed by atoms with van der Waals surface area (Å²) in [5.74, 6) is -2.49. The van der Waals surface area contributed by atoms with Crippen molar-refractivity contribution in [1.82, 2.24) is 9.47 Å². The van der Waals surface area contributed by atoms with Gasteiger partial charge in [-0.1, -0.05) is 23.7 Å². The van der Waals surface area contributed by atoms with E-state index in [2.05, 4.69) is 0 Å². The largest absolute Gasteiger partial charge is 0.466 e. The molecule has 1 aromatic carbocycles. The number of amides is 1. The number of nitro benzene ring substituents is 1. The zero-order valence-corrected chi connectivity index (χ0v) is 18.6. The van der Waals surface area contributed by atoms with E-state index in [9.17, 15) is 29.3 Å². The van der Waals surface area contributed by atoms with Gasteiger partial charge in [-0.05, 0) is 25.8 Å². The molecule has 33 heavy (non-hydrogen) atoms. The first-order valence-electron chi connectivity index (χ1n) is 10.3. The maximum Gasteiger partial charge on any atom is 0.310 e. The number of piperidine rings is 1. The number of hydrogen-bond acceptors (Lipinski definition) is 7. The van der Waals surface area contributed by atoms with Crippen molar-refractivity contribution in [3.05, 3.63) is 73.6 Å². The van der Waals surface area contributed by atoms with E-state index in [4.69, 9.17) is 16.3 Å². The second-order valence-electron chi connectivity index (χ2n) is 7.54. The Balaban J connectivity index is 2.01. The highest BCUT2D eigenvalue weighted by Crippen LogP contribution is 2.25. The SMILES string of the molecule is CCOC(=O)[C@H]1CCCN(C(=O)[C@H](C(=O)c2cccc([N+](=O)[O-])c2)n2cc(Cl)ccc2=O)C1. The number of rotatable bonds is 7. The predicted octanol–water partition coefficient (Wildman–Crippen LogP) is 2.64. The van der Waals surface area contributed by atoms with Crippen LogP contribution >= 0.6 is 11.6 Å². The summed E-state index contributed by atoms with van der Waals surface area (Å²) in [6.45, 7) is 2.20. The summed E-state index contributed by atoms with van der Waals surface area (Å²) in [4.78, 5) is 63.6. The predicted molar refractivity (Wildman–Crippen MR) is 118 cm³/mol. The van der Waals surface area contributed by atoms with Crippen LogP contribution in [-0.4, -0.2) is 51.7 Å². The third-order valence-electron chi connectivity index (χ3n) is 5.36. The van der Waals surface area contributed by atoms with Crippen molar-refractivity contribution in [1.29, 1.82) is 0 Å². The highest BCUT2D eigenvalue weighted by Gasteiger charge is 2.37. The average Bonchev–Trinajstić information content (AvgIpc) is 2.81. The molecule has 1 fully saturated rings. The molecule has 11 heteroatoms. The highest BCUT2D eigenvalue weighted by atomic mass is 35.5. The van der Waals surface area contributed by atoms with Gasteiger partial charge in [-0.25, -0.2) is 0 Å². The van der Waals surface area contributed by atoms with E-state index in [1.807, 2.05) is 0 Å². The number of benzene rings is 1. The van der Waals surface area contributed by atoms with E-state index in [0.717, 1.165) is 16.7 Å². The van der Waals surface area contributed by atoms with E-state index < -0.39 is 40.1 Å². The van der Waals surface area contributed by atoms with Gasteiger partial charge < -0.3 is 9.64 Å². The fourth-order valence-electron chi connectivity index (χ4n) is 3.77. The maximum absolute atomic E-state index is 13.5. The summed E-state index contributed by atoms with van der Waals surface area (Å²) in [6, 6.07) is 5.75. The molecule has 2 atom stereocenters. The smallest absolute Gasteiger partial charge is 0.310 e. The Morgan fingerprint density at radius 1 is 1.27 bits per heavy atom. The average molecular weight is 476 g/mol. The van der Waals surface area contributed by atoms with Crippen LogP contribution in [0.15, 0.2) is 47.4 Å². The molecular formula is C22H22ClN3O7. The van der Waals surface area contributed by atoms with Gasteiger partial charge in [0.1, 0.15) is 0 Å². The van der Waals surface area contributed by atoms with Gasteiger partial charge in [0.2, 0.25) is 0 Å². The molecule has 0 spiro atoms. The molecule has 3 rings (SSSR count). The molecule has 2 aromatic rings. The van der Waals surface area contributed by atoms with Crippen LogP contribution in [0, 0.1) is 16.0 Å². The summed E-state index contributed by atoms with van der Waals surface area (Å²) < 4.78 is 5.98. The number of hydrogen-bond donors (Lipinski definition) is 0. The number of carbonyl (C=O) groups is 3. The summed E-state index contributed by atoms with van der Waals surface area (Å²) in [5, 5.41) is 11.3. The fourth-order valence-corrected chi connectivity index (χ4v) is 3.94. The van der Waals surface area contributed by atoms with Crippen LogP contribution in [0.2, 0.25) is 5.02 Å². The van der Waals surface area contributed by atoms with Crippen LogP contribution in [0.25, 0.3) is 0 Å². The minimum atomic E-state index is -1.64. The molecule has 174 valence electrons. The lowest BCUT2D eigenvalue weighted by molar-refractivity contribution is -0.384. The first-order valence-corrected chi connectivity index (χ1v) is 10.7. The highest BCUT2D eigenvalue weighted by molar-refractivity contribution is 6.30. The number of non-ortho nitro benzene ring substituents is 1. The van der Waals surface area contributed by atoms with E-state index in [0.29, 0.717) is 12.8 Å². The summed E-state index contributed by atoms with van der Waals surface area (Å²) in [6.07, 6.45) is 2.22. The molecule has 1 aromatic heterocycles. The van der Waals surface area contributed by atoms with Gasteiger partial charge in [-0.15, -0.1) is 0 Å². The first kappa shape index (κ1) is 24.1. The van der Waals surface area contributed by atoms with Gasteiger partial charge in [0.15, 0.2) is 11.8 Å². The Kier molecular flexibility index (Phi) is 7.59. The van der Waals surface area contributed by atoms with E-state index in [-0.39, 0.29) is 36.0 Å².